The van der Waals surface area contributed by atoms with Crippen molar-refractivity contribution < 1.29 is 14.2 Å². The number of methoxy groups -OCH3 is 2. The molecule has 204 valence electrons. The Balaban J connectivity index is 1.39. The molecule has 2 aliphatic heterocycles. The third-order valence-corrected chi connectivity index (χ3v) is 7.68. The molecule has 0 unspecified atom stereocenters. The monoisotopic (exact) mass is 531 g/mol. The van der Waals surface area contributed by atoms with E-state index in [0.29, 0.717) is 34.9 Å². The fourth-order valence-electron chi connectivity index (χ4n) is 5.65. The Labute approximate surface area is 226 Å². The third kappa shape index (κ3) is 5.07. The Morgan fingerprint density at radius 3 is 2.54 bits per heavy atom. The molecule has 39 heavy (non-hydrogen) atoms. The van der Waals surface area contributed by atoms with Crippen LogP contribution in [0.25, 0.3) is 10.9 Å². The Morgan fingerprint density at radius 2 is 1.82 bits per heavy atom. The van der Waals surface area contributed by atoms with Crippen LogP contribution in [-0.2, 0) is 11.3 Å². The number of rotatable bonds is 8. The van der Waals surface area contributed by atoms with Crippen molar-refractivity contribution in [2.45, 2.75) is 31.5 Å². The Hall–Kier alpha value is -3.96. The Kier molecular flexibility index (Phi) is 7.16. The fraction of sp³-hybridized carbons (Fsp3) is 0.429. The van der Waals surface area contributed by atoms with E-state index >= 15 is 0 Å². The number of ether oxygens (including phenoxy) is 3. The third-order valence-electron chi connectivity index (χ3n) is 7.68. The molecule has 11 heteroatoms. The molecule has 0 spiro atoms. The summed E-state index contributed by atoms with van der Waals surface area (Å²) in [5.41, 5.74) is 2.28. The number of pyridine rings is 1. The molecule has 2 atom stereocenters. The van der Waals surface area contributed by atoms with Crippen LogP contribution in [0.15, 0.2) is 53.3 Å². The van der Waals surface area contributed by atoms with Gasteiger partial charge in [0.2, 0.25) is 0 Å². The second-order valence-corrected chi connectivity index (χ2v) is 9.96. The lowest BCUT2D eigenvalue weighted by Gasteiger charge is -2.39. The highest BCUT2D eigenvalue weighted by atomic mass is 16.5. The van der Waals surface area contributed by atoms with Crippen molar-refractivity contribution in [1.82, 2.24) is 30.1 Å². The van der Waals surface area contributed by atoms with Crippen LogP contribution < -0.4 is 19.9 Å². The van der Waals surface area contributed by atoms with Gasteiger partial charge < -0.3 is 24.1 Å². The van der Waals surface area contributed by atoms with Gasteiger partial charge in [-0.25, -0.2) is 4.68 Å². The first-order chi connectivity index (χ1) is 19.1. The van der Waals surface area contributed by atoms with E-state index in [9.17, 15) is 4.79 Å². The smallest absolute Gasteiger partial charge is 0.253 e. The average molecular weight is 532 g/mol. The van der Waals surface area contributed by atoms with Crippen LogP contribution in [0, 0.1) is 0 Å². The van der Waals surface area contributed by atoms with Gasteiger partial charge in [0.1, 0.15) is 6.04 Å². The molecular weight excluding hydrogens is 498 g/mol. The van der Waals surface area contributed by atoms with E-state index in [1.54, 1.807) is 20.3 Å². The van der Waals surface area contributed by atoms with Gasteiger partial charge >= 0.3 is 0 Å². The summed E-state index contributed by atoms with van der Waals surface area (Å²) in [5.74, 6) is 1.80. The van der Waals surface area contributed by atoms with Crippen LogP contribution in [0.4, 0.5) is 5.69 Å². The van der Waals surface area contributed by atoms with Gasteiger partial charge in [-0.05, 0) is 47.5 Å². The maximum atomic E-state index is 13.6. The summed E-state index contributed by atoms with van der Waals surface area (Å²) < 4.78 is 18.6. The largest absolute Gasteiger partial charge is 0.493 e. The van der Waals surface area contributed by atoms with Gasteiger partial charge in [-0.2, -0.15) is 0 Å². The Morgan fingerprint density at radius 1 is 1.05 bits per heavy atom. The number of aromatic amines is 1. The molecule has 2 aromatic carbocycles. The van der Waals surface area contributed by atoms with Crippen LogP contribution in [0.2, 0.25) is 0 Å². The number of H-pyrrole nitrogens is 1. The first-order valence-electron chi connectivity index (χ1n) is 13.3. The van der Waals surface area contributed by atoms with E-state index in [0.717, 1.165) is 51.0 Å². The number of benzene rings is 2. The van der Waals surface area contributed by atoms with E-state index in [2.05, 4.69) is 54.6 Å². The molecular formula is C28H33N7O4. The number of aromatic nitrogens is 5. The Bertz CT molecular complexity index is 1470. The highest BCUT2D eigenvalue weighted by Gasteiger charge is 2.33. The predicted molar refractivity (Wildman–Crippen MR) is 147 cm³/mol. The number of piperazine rings is 1. The van der Waals surface area contributed by atoms with Crippen LogP contribution >= 0.6 is 0 Å². The molecule has 2 aromatic heterocycles. The zero-order valence-electron chi connectivity index (χ0n) is 22.2. The zero-order valence-corrected chi connectivity index (χ0v) is 22.2. The number of tetrazole rings is 1. The van der Waals surface area contributed by atoms with E-state index in [-0.39, 0.29) is 11.7 Å². The summed E-state index contributed by atoms with van der Waals surface area (Å²) >= 11 is 0. The van der Waals surface area contributed by atoms with Crippen LogP contribution in [0.3, 0.4) is 0 Å². The van der Waals surface area contributed by atoms with Gasteiger partial charge in [0.15, 0.2) is 17.3 Å². The predicted octanol–water partition coefficient (Wildman–Crippen LogP) is 2.62. The van der Waals surface area contributed by atoms with Gasteiger partial charge in [0.25, 0.3) is 5.56 Å². The normalized spacial score (nSPS) is 18.9. The van der Waals surface area contributed by atoms with Gasteiger partial charge in [0.05, 0.1) is 32.4 Å². The molecule has 4 aromatic rings. The molecule has 2 fully saturated rings. The van der Waals surface area contributed by atoms with Gasteiger partial charge in [-0.3, -0.25) is 9.69 Å². The molecule has 0 amide bonds. The number of anilines is 1. The molecule has 2 saturated heterocycles. The van der Waals surface area contributed by atoms with Crippen LogP contribution in [0.1, 0.15) is 30.3 Å². The lowest BCUT2D eigenvalue weighted by molar-refractivity contribution is 0.0906. The van der Waals surface area contributed by atoms with E-state index in [1.807, 2.05) is 22.9 Å². The second kappa shape index (κ2) is 11.0. The van der Waals surface area contributed by atoms with Gasteiger partial charge in [-0.1, -0.05) is 18.2 Å². The minimum atomic E-state index is -0.430. The van der Waals surface area contributed by atoms with Crippen molar-refractivity contribution in [2.24, 2.45) is 0 Å². The average Bonchev–Trinajstić information content (AvgIpc) is 3.66. The second-order valence-electron chi connectivity index (χ2n) is 9.96. The summed E-state index contributed by atoms with van der Waals surface area (Å²) in [4.78, 5) is 21.4. The lowest BCUT2D eigenvalue weighted by atomic mass is 10.0. The molecule has 6 rings (SSSR count). The van der Waals surface area contributed by atoms with Crippen molar-refractivity contribution in [3.05, 3.63) is 70.3 Å². The first-order valence-corrected chi connectivity index (χ1v) is 13.3. The van der Waals surface area contributed by atoms with Crippen LogP contribution in [0.5, 0.6) is 11.5 Å². The van der Waals surface area contributed by atoms with E-state index in [4.69, 9.17) is 14.2 Å². The number of hydrogen-bond donors (Lipinski definition) is 1. The number of fused-ring (bicyclic) bond motifs is 1. The molecule has 0 bridgehead atoms. The standard InChI is InChI=1S/C28H33N7O4/c1-37-24-16-19-15-22(28(36)29-23(19)17-25(24)38-2)26(27-30-31-32-35(27)18-21-9-6-14-39-21)34-12-10-33(11-13-34)20-7-4-3-5-8-20/h3-5,7-8,15-17,21,26H,6,9-14,18H2,1-2H3,(H,29,36)/t21-,26+/m1/s1. The number of nitrogens with zero attached hydrogens (tertiary/aromatic N) is 6. The topological polar surface area (TPSA) is 111 Å². The number of para-hydroxylation sites is 1. The summed E-state index contributed by atoms with van der Waals surface area (Å²) in [6.07, 6.45) is 2.06. The molecule has 4 heterocycles. The molecule has 0 saturated carbocycles. The quantitative estimate of drug-likeness (QED) is 0.367. The summed E-state index contributed by atoms with van der Waals surface area (Å²) in [6, 6.07) is 15.6. The molecule has 0 aliphatic carbocycles. The number of hydrogen-bond acceptors (Lipinski definition) is 9. The highest BCUT2D eigenvalue weighted by molar-refractivity contribution is 5.83. The zero-order chi connectivity index (χ0) is 26.8. The molecule has 0 radical (unpaired) electrons. The minimum Gasteiger partial charge on any atom is -0.493 e. The van der Waals surface area contributed by atoms with E-state index in [1.165, 1.54) is 5.69 Å². The van der Waals surface area contributed by atoms with Gasteiger partial charge in [0, 0.05) is 55.5 Å². The van der Waals surface area contributed by atoms with Crippen molar-refractivity contribution in [2.75, 3.05) is 51.9 Å². The first kappa shape index (κ1) is 25.3. The molecule has 1 N–H and O–H groups in total. The molecule has 2 aliphatic rings. The highest BCUT2D eigenvalue weighted by Crippen LogP contribution is 2.34. The lowest BCUT2D eigenvalue weighted by Crippen LogP contribution is -2.49. The van der Waals surface area contributed by atoms with Crippen molar-refractivity contribution >= 4 is 16.6 Å². The summed E-state index contributed by atoms with van der Waals surface area (Å²) in [6.45, 7) is 4.45. The minimum absolute atomic E-state index is 0.0643. The molecule has 11 nitrogen and oxygen atoms in total. The summed E-state index contributed by atoms with van der Waals surface area (Å²) in [7, 11) is 3.18. The fourth-order valence-corrected chi connectivity index (χ4v) is 5.65. The van der Waals surface area contributed by atoms with Crippen LogP contribution in [-0.4, -0.2) is 83.2 Å². The number of nitrogens with one attached hydrogen (secondary N) is 1. The summed E-state index contributed by atoms with van der Waals surface area (Å²) in [5, 5.41) is 13.7. The van der Waals surface area contributed by atoms with E-state index < -0.39 is 6.04 Å². The SMILES string of the molecule is COc1cc2cc([C@@H](c3nnnn3C[C@H]3CCCO3)N3CCN(c4ccccc4)CC3)c(=O)[nH]c2cc1OC. The van der Waals surface area contributed by atoms with Crippen molar-refractivity contribution in [1.29, 1.82) is 0 Å². The van der Waals surface area contributed by atoms with Gasteiger partial charge in [-0.15, -0.1) is 5.10 Å². The van der Waals surface area contributed by atoms with Crippen molar-refractivity contribution in [3.63, 3.8) is 0 Å². The maximum Gasteiger partial charge on any atom is 0.253 e. The maximum absolute atomic E-state index is 13.6. The van der Waals surface area contributed by atoms with Crippen molar-refractivity contribution in [3.8, 4) is 11.5 Å².